The average Bonchev–Trinajstić information content (AvgIpc) is 3.64. The summed E-state index contributed by atoms with van der Waals surface area (Å²) in [5.74, 6) is 0.479. The van der Waals surface area contributed by atoms with Gasteiger partial charge in [0.15, 0.2) is 0 Å². The molecular formula is C30H44O5. The number of carboxylic acids is 2. The molecular weight excluding hydrogens is 440 g/mol. The molecule has 194 valence electrons. The first-order valence-corrected chi connectivity index (χ1v) is 13.8. The molecule has 4 aliphatic carbocycles. The van der Waals surface area contributed by atoms with Gasteiger partial charge in [0, 0.05) is 17.9 Å². The van der Waals surface area contributed by atoms with Crippen molar-refractivity contribution in [3.05, 3.63) is 23.8 Å². The van der Waals surface area contributed by atoms with E-state index >= 15 is 0 Å². The third-order valence-corrected chi connectivity index (χ3v) is 12.2. The van der Waals surface area contributed by atoms with Gasteiger partial charge < -0.3 is 14.9 Å². The number of hydrogen-bond donors (Lipinski definition) is 2. The maximum absolute atomic E-state index is 11.6. The number of rotatable bonds is 9. The molecule has 0 unspecified atom stereocenters. The highest BCUT2D eigenvalue weighted by molar-refractivity contribution is 5.85. The van der Waals surface area contributed by atoms with Gasteiger partial charge in [-0.1, -0.05) is 39.0 Å². The van der Waals surface area contributed by atoms with Gasteiger partial charge >= 0.3 is 11.9 Å². The summed E-state index contributed by atoms with van der Waals surface area (Å²) < 4.78 is 6.50. The fourth-order valence-corrected chi connectivity index (χ4v) is 10.4. The molecule has 0 aromatic heterocycles. The number of epoxide rings is 1. The molecule has 1 saturated heterocycles. The minimum atomic E-state index is -0.823. The highest BCUT2D eigenvalue weighted by Gasteiger charge is 2.86. The normalized spacial score (nSPS) is 48.1. The average molecular weight is 485 g/mol. The molecule has 2 N–H and O–H groups in total. The summed E-state index contributed by atoms with van der Waals surface area (Å²) in [7, 11) is 0. The van der Waals surface area contributed by atoms with Crippen molar-refractivity contribution in [3.8, 4) is 0 Å². The summed E-state index contributed by atoms with van der Waals surface area (Å²) in [6.07, 6.45) is 11.2. The third-order valence-electron chi connectivity index (χ3n) is 12.2. The molecule has 5 heteroatoms. The molecule has 0 radical (unpaired) electrons. The molecule has 5 rings (SSSR count). The van der Waals surface area contributed by atoms with E-state index < -0.39 is 11.9 Å². The zero-order chi connectivity index (χ0) is 25.6. The Balaban J connectivity index is 1.41. The van der Waals surface area contributed by atoms with E-state index in [0.717, 1.165) is 25.7 Å². The van der Waals surface area contributed by atoms with Crippen molar-refractivity contribution in [2.75, 3.05) is 0 Å². The predicted octanol–water partition coefficient (Wildman–Crippen LogP) is 6.48. The Morgan fingerprint density at radius 2 is 1.83 bits per heavy atom. The summed E-state index contributed by atoms with van der Waals surface area (Å²) in [6, 6.07) is 0. The molecule has 4 saturated carbocycles. The first-order valence-electron chi connectivity index (χ1n) is 13.8. The molecule has 0 amide bonds. The van der Waals surface area contributed by atoms with Crippen LogP contribution in [0, 0.1) is 45.3 Å². The molecule has 0 aromatic carbocycles. The van der Waals surface area contributed by atoms with Crippen molar-refractivity contribution < 1.29 is 24.5 Å². The topological polar surface area (TPSA) is 87.1 Å². The van der Waals surface area contributed by atoms with E-state index in [9.17, 15) is 19.8 Å². The zero-order valence-corrected chi connectivity index (χ0v) is 22.2. The summed E-state index contributed by atoms with van der Waals surface area (Å²) in [6.45, 7) is 15.6. The number of carbonyl (C=O) groups is 2. The SMILES string of the molecule is C=C(C)[C@@H]1[C@@H]2O[C@@H]2[C@@H]2[C@]3(CC[C@]4(C)[C@@H]([C@H](C)CC/C=C(\C)C(=O)O)CC[C@@]24C)C[C@]13CCC(=O)O. The van der Waals surface area contributed by atoms with E-state index in [-0.39, 0.29) is 34.2 Å². The standard InChI is InChI=1S/C30H44O5/c1-17(2)22-23-24(35-23)25-28(6)12-10-20(18(3)8-7-9-19(4)26(33)34)27(28,5)14-15-30(25)16-29(22,30)13-11-21(31)32/h9,18,20,22-25H,1,7-8,10-16H2,2-6H3,(H,31,32)(H,33,34)/b19-9+/t18-,20-,22-,23+,24+,25+,27-,28+,29-,30+/m1/s1. The van der Waals surface area contributed by atoms with Crippen LogP contribution in [-0.2, 0) is 14.3 Å². The Hall–Kier alpha value is -1.62. The Bertz CT molecular complexity index is 983. The fourth-order valence-electron chi connectivity index (χ4n) is 10.4. The third kappa shape index (κ3) is 3.29. The van der Waals surface area contributed by atoms with Crippen LogP contribution in [0.4, 0.5) is 0 Å². The quantitative estimate of drug-likeness (QED) is 0.222. The van der Waals surface area contributed by atoms with E-state index in [2.05, 4.69) is 34.3 Å². The van der Waals surface area contributed by atoms with Crippen molar-refractivity contribution >= 4 is 11.9 Å². The number of fused-ring (bicyclic) bond motifs is 4. The maximum Gasteiger partial charge on any atom is 0.330 e. The fraction of sp³-hybridized carbons (Fsp3) is 0.800. The molecule has 10 atom stereocenters. The van der Waals surface area contributed by atoms with Gasteiger partial charge in [-0.15, -0.1) is 0 Å². The van der Waals surface area contributed by atoms with Gasteiger partial charge in [-0.2, -0.15) is 0 Å². The van der Waals surface area contributed by atoms with Crippen molar-refractivity contribution in [1.29, 1.82) is 0 Å². The molecule has 0 aromatic rings. The van der Waals surface area contributed by atoms with Crippen LogP contribution in [0.2, 0.25) is 0 Å². The minimum absolute atomic E-state index is 0.0484. The van der Waals surface area contributed by atoms with E-state index in [0.29, 0.717) is 35.3 Å². The lowest BCUT2D eigenvalue weighted by Gasteiger charge is -2.60. The molecule has 1 aliphatic heterocycles. The summed E-state index contributed by atoms with van der Waals surface area (Å²) in [4.78, 5) is 22.8. The Morgan fingerprint density at radius 3 is 2.46 bits per heavy atom. The van der Waals surface area contributed by atoms with Crippen LogP contribution < -0.4 is 0 Å². The van der Waals surface area contributed by atoms with Crippen LogP contribution in [0.15, 0.2) is 23.8 Å². The highest BCUT2D eigenvalue weighted by Crippen LogP contribution is 2.89. The molecule has 0 bridgehead atoms. The molecule has 5 nitrogen and oxygen atoms in total. The lowest BCUT2D eigenvalue weighted by atomic mass is 9.43. The Morgan fingerprint density at radius 1 is 1.11 bits per heavy atom. The monoisotopic (exact) mass is 484 g/mol. The van der Waals surface area contributed by atoms with Crippen LogP contribution >= 0.6 is 0 Å². The van der Waals surface area contributed by atoms with Crippen molar-refractivity contribution in [3.63, 3.8) is 0 Å². The van der Waals surface area contributed by atoms with Crippen LogP contribution in [-0.4, -0.2) is 34.4 Å². The molecule has 1 heterocycles. The second-order valence-corrected chi connectivity index (χ2v) is 13.5. The number of hydrogen-bond acceptors (Lipinski definition) is 3. The van der Waals surface area contributed by atoms with Gasteiger partial charge in [0.1, 0.15) is 0 Å². The lowest BCUT2D eigenvalue weighted by molar-refractivity contribution is -0.139. The number of ether oxygens (including phenoxy) is 1. The molecule has 35 heavy (non-hydrogen) atoms. The van der Waals surface area contributed by atoms with Crippen LogP contribution in [0.1, 0.15) is 92.4 Å². The minimum Gasteiger partial charge on any atom is -0.481 e. The van der Waals surface area contributed by atoms with E-state index in [4.69, 9.17) is 4.74 Å². The maximum atomic E-state index is 11.6. The smallest absolute Gasteiger partial charge is 0.330 e. The highest BCUT2D eigenvalue weighted by atomic mass is 16.6. The summed E-state index contributed by atoms with van der Waals surface area (Å²) in [5, 5.41) is 18.7. The van der Waals surface area contributed by atoms with E-state index in [1.165, 1.54) is 31.3 Å². The first-order chi connectivity index (χ1) is 16.3. The van der Waals surface area contributed by atoms with Gasteiger partial charge in [0.2, 0.25) is 0 Å². The van der Waals surface area contributed by atoms with Gasteiger partial charge in [0.05, 0.1) is 12.2 Å². The van der Waals surface area contributed by atoms with Crippen LogP contribution in [0.25, 0.3) is 0 Å². The Kier molecular flexibility index (Phi) is 5.68. The first kappa shape index (κ1) is 25.0. The van der Waals surface area contributed by atoms with E-state index in [1.807, 2.05) is 6.08 Å². The van der Waals surface area contributed by atoms with Gasteiger partial charge in [-0.05, 0) is 105 Å². The van der Waals surface area contributed by atoms with Crippen LogP contribution in [0.5, 0.6) is 0 Å². The van der Waals surface area contributed by atoms with Gasteiger partial charge in [-0.25, -0.2) is 4.79 Å². The molecule has 5 fully saturated rings. The van der Waals surface area contributed by atoms with Gasteiger partial charge in [0.25, 0.3) is 0 Å². The molecule has 1 spiro atoms. The van der Waals surface area contributed by atoms with Gasteiger partial charge in [-0.3, -0.25) is 4.79 Å². The summed E-state index contributed by atoms with van der Waals surface area (Å²) >= 11 is 0. The van der Waals surface area contributed by atoms with Crippen molar-refractivity contribution in [2.45, 2.75) is 105 Å². The Labute approximate surface area is 210 Å². The second-order valence-electron chi connectivity index (χ2n) is 13.5. The number of carboxylic acid groups (broad SMARTS) is 2. The number of allylic oxidation sites excluding steroid dienone is 1. The summed E-state index contributed by atoms with van der Waals surface area (Å²) in [5.41, 5.74) is 2.31. The lowest BCUT2D eigenvalue weighted by Crippen LogP contribution is -2.57. The van der Waals surface area contributed by atoms with Crippen molar-refractivity contribution in [2.24, 2.45) is 45.3 Å². The van der Waals surface area contributed by atoms with Crippen molar-refractivity contribution in [1.82, 2.24) is 0 Å². The van der Waals surface area contributed by atoms with Crippen LogP contribution in [0.3, 0.4) is 0 Å². The zero-order valence-electron chi connectivity index (χ0n) is 22.2. The number of aliphatic carboxylic acids is 2. The molecule has 5 aliphatic rings. The predicted molar refractivity (Wildman–Crippen MR) is 135 cm³/mol. The largest absolute Gasteiger partial charge is 0.481 e. The second kappa shape index (κ2) is 7.94. The van der Waals surface area contributed by atoms with E-state index in [1.54, 1.807) is 6.92 Å².